The minimum absolute atomic E-state index is 0.0366. The van der Waals surface area contributed by atoms with Crippen LogP contribution in [0.2, 0.25) is 0 Å². The number of hydrogen-bond acceptors (Lipinski definition) is 3. The van der Waals surface area contributed by atoms with E-state index in [0.29, 0.717) is 6.07 Å². The molecule has 0 bridgehead atoms. The summed E-state index contributed by atoms with van der Waals surface area (Å²) in [6.45, 7) is 5.79. The molecule has 0 saturated carbocycles. The summed E-state index contributed by atoms with van der Waals surface area (Å²) in [5, 5.41) is 13.9. The molecule has 0 saturated heterocycles. The monoisotopic (exact) mass is 290 g/mol. The fourth-order valence-electron chi connectivity index (χ4n) is 1.92. The Balaban J connectivity index is 3.17. The summed E-state index contributed by atoms with van der Waals surface area (Å²) >= 11 is 0. The molecular formula is C13H17F3N2O2. The van der Waals surface area contributed by atoms with Crippen molar-refractivity contribution in [2.75, 3.05) is 5.32 Å². The Morgan fingerprint density at radius 1 is 1.35 bits per heavy atom. The zero-order valence-electron chi connectivity index (χ0n) is 11.5. The molecule has 1 rings (SSSR count). The molecule has 1 atom stereocenters. The van der Waals surface area contributed by atoms with Gasteiger partial charge in [-0.2, -0.15) is 13.2 Å². The number of nitrogens with one attached hydrogen (secondary N) is 1. The summed E-state index contributed by atoms with van der Waals surface area (Å²) in [5.74, 6) is 0.210. The fraction of sp³-hybridized carbons (Fsp3) is 0.538. The molecule has 1 aromatic rings. The van der Waals surface area contributed by atoms with Gasteiger partial charge in [0, 0.05) is 12.1 Å². The van der Waals surface area contributed by atoms with Crippen LogP contribution in [0.1, 0.15) is 32.8 Å². The van der Waals surface area contributed by atoms with Gasteiger partial charge in [-0.25, -0.2) is 0 Å². The third-order valence-corrected chi connectivity index (χ3v) is 3.11. The molecule has 1 aromatic carbocycles. The molecule has 0 aliphatic rings. The summed E-state index contributed by atoms with van der Waals surface area (Å²) < 4.78 is 37.7. The van der Waals surface area contributed by atoms with Crippen molar-refractivity contribution in [3.8, 4) is 0 Å². The van der Waals surface area contributed by atoms with Crippen LogP contribution in [0.25, 0.3) is 0 Å². The predicted octanol–water partition coefficient (Wildman–Crippen LogP) is 4.46. The van der Waals surface area contributed by atoms with Gasteiger partial charge in [-0.1, -0.05) is 20.8 Å². The lowest BCUT2D eigenvalue weighted by Crippen LogP contribution is -2.25. The Bertz CT molecular complexity index is 487. The second kappa shape index (κ2) is 6.11. The average molecular weight is 290 g/mol. The first-order valence-corrected chi connectivity index (χ1v) is 6.29. The molecule has 4 nitrogen and oxygen atoms in total. The second-order valence-corrected chi connectivity index (χ2v) is 4.89. The van der Waals surface area contributed by atoms with Crippen molar-refractivity contribution >= 4 is 11.4 Å². The second-order valence-electron chi connectivity index (χ2n) is 4.89. The Labute approximate surface area is 115 Å². The van der Waals surface area contributed by atoms with Crippen molar-refractivity contribution in [2.45, 2.75) is 39.4 Å². The van der Waals surface area contributed by atoms with Gasteiger partial charge >= 0.3 is 6.18 Å². The minimum atomic E-state index is -4.59. The van der Waals surface area contributed by atoms with E-state index in [0.717, 1.165) is 18.6 Å². The van der Waals surface area contributed by atoms with Crippen LogP contribution in [-0.2, 0) is 6.18 Å². The van der Waals surface area contributed by atoms with Crippen LogP contribution in [0, 0.1) is 16.0 Å². The zero-order chi connectivity index (χ0) is 15.5. The molecular weight excluding hydrogens is 273 g/mol. The Morgan fingerprint density at radius 3 is 2.35 bits per heavy atom. The molecule has 20 heavy (non-hydrogen) atoms. The van der Waals surface area contributed by atoms with Gasteiger partial charge in [0.05, 0.1) is 10.5 Å². The average Bonchev–Trinajstić information content (AvgIpc) is 2.34. The van der Waals surface area contributed by atoms with E-state index in [1.54, 1.807) is 0 Å². The molecule has 1 unspecified atom stereocenters. The molecule has 0 heterocycles. The van der Waals surface area contributed by atoms with Gasteiger partial charge in [-0.05, 0) is 24.5 Å². The van der Waals surface area contributed by atoms with E-state index in [2.05, 4.69) is 5.32 Å². The summed E-state index contributed by atoms with van der Waals surface area (Å²) in [4.78, 5) is 10.1. The van der Waals surface area contributed by atoms with Crippen LogP contribution in [-0.4, -0.2) is 11.0 Å². The summed E-state index contributed by atoms with van der Waals surface area (Å²) in [6, 6.07) is 2.49. The van der Waals surface area contributed by atoms with Gasteiger partial charge in [0.1, 0.15) is 5.69 Å². The number of rotatable bonds is 5. The van der Waals surface area contributed by atoms with Gasteiger partial charge in [0.25, 0.3) is 5.69 Å². The number of nitrogens with zero attached hydrogens (tertiary/aromatic N) is 1. The molecule has 0 aliphatic heterocycles. The molecule has 0 radical (unpaired) electrons. The maximum absolute atomic E-state index is 12.6. The van der Waals surface area contributed by atoms with Crippen molar-refractivity contribution in [1.29, 1.82) is 0 Å². The van der Waals surface area contributed by atoms with Crippen LogP contribution in [0.5, 0.6) is 0 Å². The Hall–Kier alpha value is -1.79. The maximum atomic E-state index is 12.6. The molecule has 0 aromatic heterocycles. The summed E-state index contributed by atoms with van der Waals surface area (Å²) in [7, 11) is 0. The number of benzene rings is 1. The van der Waals surface area contributed by atoms with Gasteiger partial charge in [-0.15, -0.1) is 0 Å². The van der Waals surface area contributed by atoms with Crippen LogP contribution < -0.4 is 5.32 Å². The topological polar surface area (TPSA) is 55.2 Å². The maximum Gasteiger partial charge on any atom is 0.416 e. The van der Waals surface area contributed by atoms with Crippen molar-refractivity contribution in [2.24, 2.45) is 5.92 Å². The van der Waals surface area contributed by atoms with Crippen molar-refractivity contribution in [3.05, 3.63) is 33.9 Å². The number of anilines is 1. The van der Waals surface area contributed by atoms with Gasteiger partial charge in [0.15, 0.2) is 0 Å². The largest absolute Gasteiger partial charge is 0.416 e. The van der Waals surface area contributed by atoms with Gasteiger partial charge < -0.3 is 5.32 Å². The van der Waals surface area contributed by atoms with Gasteiger partial charge in [-0.3, -0.25) is 10.1 Å². The lowest BCUT2D eigenvalue weighted by atomic mass is 10.0. The van der Waals surface area contributed by atoms with E-state index in [9.17, 15) is 23.3 Å². The Morgan fingerprint density at radius 2 is 1.95 bits per heavy atom. The molecule has 0 aliphatic carbocycles. The SMILES string of the molecule is CCC(Nc1ccc(C(F)(F)F)cc1[N+](=O)[O-])C(C)C. The number of halogens is 3. The molecule has 1 N–H and O–H groups in total. The highest BCUT2D eigenvalue weighted by Gasteiger charge is 2.33. The number of nitro benzene ring substituents is 1. The van der Waals surface area contributed by atoms with Crippen LogP contribution >= 0.6 is 0 Å². The number of nitro groups is 1. The highest BCUT2D eigenvalue weighted by atomic mass is 19.4. The predicted molar refractivity (Wildman–Crippen MR) is 70.6 cm³/mol. The third-order valence-electron chi connectivity index (χ3n) is 3.11. The minimum Gasteiger partial charge on any atom is -0.377 e. The molecule has 0 fully saturated rings. The van der Waals surface area contributed by atoms with Crippen LogP contribution in [0.15, 0.2) is 18.2 Å². The zero-order valence-corrected chi connectivity index (χ0v) is 11.5. The first kappa shape index (κ1) is 16.3. The van der Waals surface area contributed by atoms with E-state index in [4.69, 9.17) is 0 Å². The van der Waals surface area contributed by atoms with E-state index in [-0.39, 0.29) is 17.6 Å². The first-order chi connectivity index (χ1) is 9.16. The van der Waals surface area contributed by atoms with Crippen molar-refractivity contribution < 1.29 is 18.1 Å². The van der Waals surface area contributed by atoms with E-state index < -0.39 is 22.4 Å². The third kappa shape index (κ3) is 3.85. The highest BCUT2D eigenvalue weighted by Crippen LogP contribution is 2.35. The molecule has 0 amide bonds. The summed E-state index contributed by atoms with van der Waals surface area (Å²) in [6.07, 6.45) is -3.87. The molecule has 112 valence electrons. The quantitative estimate of drug-likeness (QED) is 0.643. The van der Waals surface area contributed by atoms with E-state index in [1.807, 2.05) is 20.8 Å². The highest BCUT2D eigenvalue weighted by molar-refractivity contribution is 5.63. The first-order valence-electron chi connectivity index (χ1n) is 6.29. The van der Waals surface area contributed by atoms with Gasteiger partial charge in [0.2, 0.25) is 0 Å². The lowest BCUT2D eigenvalue weighted by Gasteiger charge is -2.22. The standard InChI is InChI=1S/C13H17F3N2O2/c1-4-10(8(2)3)17-11-6-5-9(13(14,15)16)7-12(11)18(19)20/h5-8,10,17H,4H2,1-3H3. The fourth-order valence-corrected chi connectivity index (χ4v) is 1.92. The smallest absolute Gasteiger partial charge is 0.377 e. The molecule has 0 spiro atoms. The van der Waals surface area contributed by atoms with Crippen molar-refractivity contribution in [1.82, 2.24) is 0 Å². The number of alkyl halides is 3. The van der Waals surface area contributed by atoms with Crippen LogP contribution in [0.3, 0.4) is 0 Å². The summed E-state index contributed by atoms with van der Waals surface area (Å²) in [5.41, 5.74) is -1.46. The van der Waals surface area contributed by atoms with E-state index in [1.165, 1.54) is 0 Å². The Kier molecular flexibility index (Phi) is 4.97. The normalized spacial score (nSPS) is 13.3. The molecule has 7 heteroatoms. The van der Waals surface area contributed by atoms with Crippen LogP contribution in [0.4, 0.5) is 24.5 Å². The number of hydrogen-bond donors (Lipinski definition) is 1. The van der Waals surface area contributed by atoms with E-state index >= 15 is 0 Å². The lowest BCUT2D eigenvalue weighted by molar-refractivity contribution is -0.384. The van der Waals surface area contributed by atoms with Crippen molar-refractivity contribution in [3.63, 3.8) is 0 Å².